The highest BCUT2D eigenvalue weighted by Gasteiger charge is 2.12. The monoisotopic (exact) mass is 406 g/mol. The summed E-state index contributed by atoms with van der Waals surface area (Å²) in [5.74, 6) is 2.21. The van der Waals surface area contributed by atoms with Gasteiger partial charge >= 0.3 is 0 Å². The first-order valence-corrected chi connectivity index (χ1v) is 10.3. The van der Waals surface area contributed by atoms with E-state index < -0.39 is 0 Å². The Morgan fingerprint density at radius 3 is 1.90 bits per heavy atom. The number of para-hydroxylation sites is 2. The molecule has 31 heavy (non-hydrogen) atoms. The number of fused-ring (bicyclic) bond motifs is 1. The highest BCUT2D eigenvalue weighted by Crippen LogP contribution is 2.33. The molecule has 5 rings (SSSR count). The molecule has 0 atom stereocenters. The highest BCUT2D eigenvalue weighted by atomic mass is 16.5. The van der Waals surface area contributed by atoms with Crippen molar-refractivity contribution in [3.8, 4) is 22.9 Å². The van der Waals surface area contributed by atoms with Gasteiger partial charge in [-0.05, 0) is 41.5 Å². The molecule has 0 spiro atoms. The van der Waals surface area contributed by atoms with E-state index in [1.807, 2.05) is 103 Å². The summed E-state index contributed by atoms with van der Waals surface area (Å²) in [6.07, 6.45) is 0. The van der Waals surface area contributed by atoms with Gasteiger partial charge in [-0.25, -0.2) is 4.98 Å². The maximum absolute atomic E-state index is 6.18. The number of imidazole rings is 1. The fraction of sp³-hybridized carbons (Fsp3) is 0.0741. The number of aromatic amines is 1. The van der Waals surface area contributed by atoms with Crippen LogP contribution in [0.4, 0.5) is 0 Å². The Labute approximate surface area is 181 Å². The van der Waals surface area contributed by atoms with Gasteiger partial charge in [0.2, 0.25) is 0 Å². The van der Waals surface area contributed by atoms with Crippen LogP contribution in [0.25, 0.3) is 22.4 Å². The van der Waals surface area contributed by atoms with Gasteiger partial charge in [0.15, 0.2) is 11.5 Å². The third-order valence-electron chi connectivity index (χ3n) is 5.08. The van der Waals surface area contributed by atoms with E-state index in [9.17, 15) is 0 Å². The molecule has 0 radical (unpaired) electrons. The number of nitrogens with one attached hydrogen (secondary N) is 1. The lowest BCUT2D eigenvalue weighted by Crippen LogP contribution is -2.01. The summed E-state index contributed by atoms with van der Waals surface area (Å²) in [7, 11) is 0. The molecule has 0 aliphatic carbocycles. The van der Waals surface area contributed by atoms with Gasteiger partial charge < -0.3 is 14.5 Å². The number of ether oxygens (including phenoxy) is 2. The molecule has 0 unspecified atom stereocenters. The van der Waals surface area contributed by atoms with E-state index in [0.717, 1.165) is 33.5 Å². The normalized spacial score (nSPS) is 10.8. The quantitative estimate of drug-likeness (QED) is 0.341. The van der Waals surface area contributed by atoms with E-state index in [1.54, 1.807) is 0 Å². The van der Waals surface area contributed by atoms with Crippen molar-refractivity contribution in [2.75, 3.05) is 0 Å². The zero-order valence-electron chi connectivity index (χ0n) is 17.0. The Hall–Kier alpha value is -4.05. The number of hydrogen-bond acceptors (Lipinski definition) is 3. The molecule has 0 amide bonds. The number of rotatable bonds is 7. The number of aromatic nitrogens is 2. The molecule has 152 valence electrons. The molecular weight excluding hydrogens is 384 g/mol. The van der Waals surface area contributed by atoms with Crippen molar-refractivity contribution >= 4 is 11.0 Å². The number of hydrogen-bond donors (Lipinski definition) is 1. The van der Waals surface area contributed by atoms with Crippen molar-refractivity contribution < 1.29 is 9.47 Å². The Morgan fingerprint density at radius 1 is 0.613 bits per heavy atom. The van der Waals surface area contributed by atoms with Crippen LogP contribution in [-0.2, 0) is 13.2 Å². The van der Waals surface area contributed by atoms with Gasteiger partial charge in [0.25, 0.3) is 0 Å². The number of H-pyrrole nitrogens is 1. The lowest BCUT2D eigenvalue weighted by Gasteiger charge is -2.14. The lowest BCUT2D eigenvalue weighted by molar-refractivity contribution is 0.256. The van der Waals surface area contributed by atoms with Crippen molar-refractivity contribution in [2.45, 2.75) is 13.2 Å². The summed E-state index contributed by atoms with van der Waals surface area (Å²) in [5.41, 5.74) is 5.11. The minimum absolute atomic E-state index is 0.464. The second-order valence-electron chi connectivity index (χ2n) is 7.31. The van der Waals surface area contributed by atoms with Gasteiger partial charge in [0.05, 0.1) is 11.0 Å². The van der Waals surface area contributed by atoms with Crippen LogP contribution in [0, 0.1) is 0 Å². The van der Waals surface area contributed by atoms with Crippen molar-refractivity contribution in [2.24, 2.45) is 0 Å². The Bertz CT molecular complexity index is 1250. The second-order valence-corrected chi connectivity index (χ2v) is 7.31. The van der Waals surface area contributed by atoms with Gasteiger partial charge in [-0.1, -0.05) is 72.8 Å². The average molecular weight is 406 g/mol. The summed E-state index contributed by atoms with van der Waals surface area (Å²) in [6.45, 7) is 0.943. The Balaban J connectivity index is 1.44. The first-order valence-electron chi connectivity index (χ1n) is 10.3. The summed E-state index contributed by atoms with van der Waals surface area (Å²) in [4.78, 5) is 8.10. The number of nitrogens with zero attached hydrogens (tertiary/aromatic N) is 1. The van der Waals surface area contributed by atoms with Crippen molar-refractivity contribution in [3.05, 3.63) is 114 Å². The molecule has 0 saturated heterocycles. The second kappa shape index (κ2) is 8.76. The third-order valence-corrected chi connectivity index (χ3v) is 5.08. The fourth-order valence-electron chi connectivity index (χ4n) is 3.45. The smallest absolute Gasteiger partial charge is 0.162 e. The summed E-state index contributed by atoms with van der Waals surface area (Å²) in [6, 6.07) is 34.2. The average Bonchev–Trinajstić information content (AvgIpc) is 3.27. The zero-order chi connectivity index (χ0) is 20.9. The van der Waals surface area contributed by atoms with E-state index in [-0.39, 0.29) is 0 Å². The highest BCUT2D eigenvalue weighted by molar-refractivity contribution is 5.79. The SMILES string of the molecule is c1ccc(COc2ccc(-c3nc4ccccc4[nH]3)cc2OCc2ccccc2)cc1. The first kappa shape index (κ1) is 18.9. The van der Waals surface area contributed by atoms with E-state index in [2.05, 4.69) is 4.98 Å². The molecule has 0 bridgehead atoms. The van der Waals surface area contributed by atoms with E-state index in [1.165, 1.54) is 0 Å². The van der Waals surface area contributed by atoms with Gasteiger partial charge in [-0.2, -0.15) is 0 Å². The minimum Gasteiger partial charge on any atom is -0.485 e. The van der Waals surface area contributed by atoms with Crippen molar-refractivity contribution in [3.63, 3.8) is 0 Å². The van der Waals surface area contributed by atoms with Gasteiger partial charge in [0, 0.05) is 5.56 Å². The van der Waals surface area contributed by atoms with Gasteiger partial charge in [-0.15, -0.1) is 0 Å². The Kier molecular flexibility index (Phi) is 5.35. The van der Waals surface area contributed by atoms with Crippen LogP contribution in [0.1, 0.15) is 11.1 Å². The standard InChI is InChI=1S/C27H22N2O2/c1-3-9-20(10-4-1)18-30-25-16-15-22(27-28-23-13-7-8-14-24(23)29-27)17-26(25)31-19-21-11-5-2-6-12-21/h1-17H,18-19H2,(H,28,29). The van der Waals surface area contributed by atoms with Crippen LogP contribution in [0.15, 0.2) is 103 Å². The molecule has 0 aliphatic rings. The van der Waals surface area contributed by atoms with Crippen molar-refractivity contribution in [1.82, 2.24) is 9.97 Å². The lowest BCUT2D eigenvalue weighted by atomic mass is 10.2. The first-order chi connectivity index (χ1) is 15.3. The molecule has 5 aromatic rings. The van der Waals surface area contributed by atoms with Crippen molar-refractivity contribution in [1.29, 1.82) is 0 Å². The third kappa shape index (κ3) is 4.43. The summed E-state index contributed by atoms with van der Waals surface area (Å²) in [5, 5.41) is 0. The van der Waals surface area contributed by atoms with Crippen LogP contribution in [0.5, 0.6) is 11.5 Å². The molecule has 4 aromatic carbocycles. The molecule has 1 heterocycles. The van der Waals surface area contributed by atoms with Crippen LogP contribution >= 0.6 is 0 Å². The zero-order valence-corrected chi connectivity index (χ0v) is 17.0. The predicted octanol–water partition coefficient (Wildman–Crippen LogP) is 6.39. The summed E-state index contributed by atoms with van der Waals surface area (Å²) < 4.78 is 12.3. The predicted molar refractivity (Wildman–Crippen MR) is 123 cm³/mol. The van der Waals surface area contributed by atoms with Crippen LogP contribution in [0.3, 0.4) is 0 Å². The molecule has 0 aliphatic heterocycles. The molecule has 0 saturated carbocycles. The van der Waals surface area contributed by atoms with Crippen LogP contribution < -0.4 is 9.47 Å². The largest absolute Gasteiger partial charge is 0.485 e. The number of benzene rings is 4. The molecule has 1 N–H and O–H groups in total. The van der Waals surface area contributed by atoms with Crippen LogP contribution in [-0.4, -0.2) is 9.97 Å². The van der Waals surface area contributed by atoms with E-state index >= 15 is 0 Å². The fourth-order valence-corrected chi connectivity index (χ4v) is 3.45. The van der Waals surface area contributed by atoms with Gasteiger partial charge in [0.1, 0.15) is 19.0 Å². The maximum Gasteiger partial charge on any atom is 0.162 e. The van der Waals surface area contributed by atoms with E-state index in [0.29, 0.717) is 24.7 Å². The summed E-state index contributed by atoms with van der Waals surface area (Å²) >= 11 is 0. The van der Waals surface area contributed by atoms with E-state index in [4.69, 9.17) is 14.5 Å². The molecule has 4 heteroatoms. The van der Waals surface area contributed by atoms with Crippen LogP contribution in [0.2, 0.25) is 0 Å². The maximum atomic E-state index is 6.18. The van der Waals surface area contributed by atoms with Gasteiger partial charge in [-0.3, -0.25) is 0 Å². The Morgan fingerprint density at radius 2 is 1.23 bits per heavy atom. The topological polar surface area (TPSA) is 47.1 Å². The molecule has 4 nitrogen and oxygen atoms in total. The minimum atomic E-state index is 0.464. The molecule has 0 fully saturated rings. The molecule has 1 aromatic heterocycles. The molecular formula is C27H22N2O2.